The topological polar surface area (TPSA) is 26.8 Å². The van der Waals surface area contributed by atoms with Gasteiger partial charge in [-0.15, -0.1) is 0 Å². The Balaban J connectivity index is 1.57. The molecule has 1 aromatic rings. The van der Waals surface area contributed by atoms with Gasteiger partial charge in [0.05, 0.1) is 16.8 Å². The number of benzene rings is 1. The Labute approximate surface area is 156 Å². The van der Waals surface area contributed by atoms with Gasteiger partial charge in [-0.05, 0) is 37.3 Å². The molecule has 3 atom stereocenters. The van der Waals surface area contributed by atoms with E-state index in [4.69, 9.17) is 11.6 Å². The predicted molar refractivity (Wildman–Crippen MR) is 104 cm³/mol. The molecule has 0 aliphatic carbocycles. The zero-order valence-corrected chi connectivity index (χ0v) is 16.4. The molecule has 1 aromatic carbocycles. The van der Waals surface area contributed by atoms with Gasteiger partial charge in [0.2, 0.25) is 5.91 Å². The molecule has 25 heavy (non-hydrogen) atoms. The lowest BCUT2D eigenvalue weighted by Gasteiger charge is -2.42. The summed E-state index contributed by atoms with van der Waals surface area (Å²) in [7, 11) is 0. The van der Waals surface area contributed by atoms with Crippen LogP contribution in [-0.4, -0.2) is 61.0 Å². The fourth-order valence-corrected chi connectivity index (χ4v) is 4.58. The minimum absolute atomic E-state index is 0.0362. The standard InChI is InChI=1S/C20H30ClN3O/c1-15-12-16(2)14-24(13-15)20(25)17(3)22-8-10-23(11-9-22)19-7-5-4-6-18(19)21/h4-7,15-17H,8-14H2,1-3H3. The maximum atomic E-state index is 12.9. The van der Waals surface area contributed by atoms with Crippen LogP contribution in [0.15, 0.2) is 24.3 Å². The Morgan fingerprint density at radius 3 is 2.28 bits per heavy atom. The first-order valence-electron chi connectivity index (χ1n) is 9.48. The Bertz CT molecular complexity index is 590. The largest absolute Gasteiger partial charge is 0.368 e. The summed E-state index contributed by atoms with van der Waals surface area (Å²) in [6.07, 6.45) is 1.23. The van der Waals surface area contributed by atoms with Crippen molar-refractivity contribution < 1.29 is 4.79 Å². The number of para-hydroxylation sites is 1. The van der Waals surface area contributed by atoms with Gasteiger partial charge in [-0.1, -0.05) is 37.6 Å². The summed E-state index contributed by atoms with van der Waals surface area (Å²) in [5, 5.41) is 0.802. The zero-order chi connectivity index (χ0) is 18.0. The average molecular weight is 364 g/mol. The summed E-state index contributed by atoms with van der Waals surface area (Å²) < 4.78 is 0. The molecule has 2 fully saturated rings. The van der Waals surface area contributed by atoms with Crippen molar-refractivity contribution >= 4 is 23.2 Å². The number of amides is 1. The van der Waals surface area contributed by atoms with E-state index in [1.165, 1.54) is 6.42 Å². The minimum Gasteiger partial charge on any atom is -0.368 e. The van der Waals surface area contributed by atoms with Gasteiger partial charge >= 0.3 is 0 Å². The van der Waals surface area contributed by atoms with Gasteiger partial charge < -0.3 is 9.80 Å². The normalized spacial score (nSPS) is 26.6. The highest BCUT2D eigenvalue weighted by atomic mass is 35.5. The Morgan fingerprint density at radius 1 is 1.08 bits per heavy atom. The van der Waals surface area contributed by atoms with E-state index >= 15 is 0 Å². The van der Waals surface area contributed by atoms with Crippen molar-refractivity contribution in [1.82, 2.24) is 9.80 Å². The van der Waals surface area contributed by atoms with Crippen LogP contribution in [0.3, 0.4) is 0 Å². The van der Waals surface area contributed by atoms with Gasteiger partial charge in [0.25, 0.3) is 0 Å². The first kappa shape index (κ1) is 18.5. The van der Waals surface area contributed by atoms with E-state index in [0.717, 1.165) is 50.0 Å². The number of piperazine rings is 1. The van der Waals surface area contributed by atoms with Crippen molar-refractivity contribution in [2.75, 3.05) is 44.2 Å². The van der Waals surface area contributed by atoms with Gasteiger partial charge in [0.15, 0.2) is 0 Å². The zero-order valence-electron chi connectivity index (χ0n) is 15.6. The van der Waals surface area contributed by atoms with Crippen LogP contribution >= 0.6 is 11.6 Å². The second kappa shape index (κ2) is 7.96. The lowest BCUT2D eigenvalue weighted by atomic mass is 9.91. The Morgan fingerprint density at radius 2 is 1.68 bits per heavy atom. The highest BCUT2D eigenvalue weighted by Crippen LogP contribution is 2.27. The Kier molecular flexibility index (Phi) is 5.90. The van der Waals surface area contributed by atoms with Crippen molar-refractivity contribution in [3.8, 4) is 0 Å². The number of nitrogens with zero attached hydrogens (tertiary/aromatic N) is 3. The van der Waals surface area contributed by atoms with Crippen LogP contribution in [0.2, 0.25) is 5.02 Å². The number of anilines is 1. The van der Waals surface area contributed by atoms with Crippen molar-refractivity contribution in [2.24, 2.45) is 11.8 Å². The van der Waals surface area contributed by atoms with Gasteiger partial charge in [-0.2, -0.15) is 0 Å². The molecule has 3 rings (SSSR count). The number of rotatable bonds is 3. The van der Waals surface area contributed by atoms with Crippen molar-refractivity contribution in [3.63, 3.8) is 0 Å². The summed E-state index contributed by atoms with van der Waals surface area (Å²) in [6.45, 7) is 12.0. The third-order valence-electron chi connectivity index (χ3n) is 5.59. The quantitative estimate of drug-likeness (QED) is 0.823. The SMILES string of the molecule is CC1CC(C)CN(C(=O)C(C)N2CCN(c3ccccc3Cl)CC2)C1. The summed E-state index contributed by atoms with van der Waals surface area (Å²) in [5.74, 6) is 1.51. The molecule has 0 aromatic heterocycles. The van der Waals surface area contributed by atoms with Crippen molar-refractivity contribution in [2.45, 2.75) is 33.2 Å². The smallest absolute Gasteiger partial charge is 0.239 e. The molecule has 0 radical (unpaired) electrons. The molecule has 2 aliphatic rings. The van der Waals surface area contributed by atoms with E-state index in [9.17, 15) is 4.79 Å². The monoisotopic (exact) mass is 363 g/mol. The number of carbonyl (C=O) groups is 1. The van der Waals surface area contributed by atoms with Crippen LogP contribution < -0.4 is 4.90 Å². The summed E-state index contributed by atoms with van der Waals surface area (Å²) >= 11 is 6.32. The molecule has 0 saturated carbocycles. The molecule has 1 amide bonds. The van der Waals surface area contributed by atoms with Crippen molar-refractivity contribution in [1.29, 1.82) is 0 Å². The number of hydrogen-bond donors (Lipinski definition) is 0. The van der Waals surface area contributed by atoms with Crippen molar-refractivity contribution in [3.05, 3.63) is 29.3 Å². The molecule has 3 unspecified atom stereocenters. The van der Waals surface area contributed by atoms with Gasteiger partial charge in [0.1, 0.15) is 0 Å². The molecule has 0 spiro atoms. The highest BCUT2D eigenvalue weighted by molar-refractivity contribution is 6.33. The first-order chi connectivity index (χ1) is 12.0. The first-order valence-corrected chi connectivity index (χ1v) is 9.85. The van der Waals surface area contributed by atoms with Crippen LogP contribution in [-0.2, 0) is 4.79 Å². The molecule has 5 heteroatoms. The Hall–Kier alpha value is -1.26. The lowest BCUT2D eigenvalue weighted by molar-refractivity contribution is -0.139. The number of hydrogen-bond acceptors (Lipinski definition) is 3. The van der Waals surface area contributed by atoms with Gasteiger partial charge in [-0.25, -0.2) is 0 Å². The second-order valence-electron chi connectivity index (χ2n) is 7.84. The van der Waals surface area contributed by atoms with Crippen LogP contribution in [0.4, 0.5) is 5.69 Å². The van der Waals surface area contributed by atoms with Gasteiger partial charge in [0, 0.05) is 39.3 Å². The van der Waals surface area contributed by atoms with E-state index in [1.807, 2.05) is 18.2 Å². The van der Waals surface area contributed by atoms with Crippen LogP contribution in [0, 0.1) is 11.8 Å². The molecule has 0 N–H and O–H groups in total. The summed E-state index contributed by atoms with van der Waals surface area (Å²) in [6, 6.07) is 7.96. The number of halogens is 1. The summed E-state index contributed by atoms with van der Waals surface area (Å²) in [4.78, 5) is 19.7. The van der Waals surface area contributed by atoms with E-state index in [1.54, 1.807) is 0 Å². The van der Waals surface area contributed by atoms with E-state index in [-0.39, 0.29) is 6.04 Å². The number of piperidine rings is 1. The molecule has 4 nitrogen and oxygen atoms in total. The van der Waals surface area contributed by atoms with E-state index in [0.29, 0.717) is 17.7 Å². The molecule has 0 bridgehead atoms. The van der Waals surface area contributed by atoms with E-state index < -0.39 is 0 Å². The molecular weight excluding hydrogens is 334 g/mol. The van der Waals surface area contributed by atoms with Crippen LogP contribution in [0.25, 0.3) is 0 Å². The lowest BCUT2D eigenvalue weighted by Crippen LogP contribution is -2.56. The number of carbonyl (C=O) groups excluding carboxylic acids is 1. The van der Waals surface area contributed by atoms with E-state index in [2.05, 4.69) is 41.5 Å². The molecule has 2 aliphatic heterocycles. The fourth-order valence-electron chi connectivity index (χ4n) is 4.32. The molecule has 2 saturated heterocycles. The maximum absolute atomic E-state index is 12.9. The number of likely N-dealkylation sites (tertiary alicyclic amines) is 1. The fraction of sp³-hybridized carbons (Fsp3) is 0.650. The van der Waals surface area contributed by atoms with Gasteiger partial charge in [-0.3, -0.25) is 9.69 Å². The highest BCUT2D eigenvalue weighted by Gasteiger charge is 2.32. The second-order valence-corrected chi connectivity index (χ2v) is 8.25. The minimum atomic E-state index is -0.0362. The third kappa shape index (κ3) is 4.29. The molecule has 2 heterocycles. The predicted octanol–water partition coefficient (Wildman–Crippen LogP) is 3.36. The van der Waals surface area contributed by atoms with Crippen LogP contribution in [0.1, 0.15) is 27.2 Å². The molecular formula is C20H30ClN3O. The average Bonchev–Trinajstić information content (AvgIpc) is 2.60. The molecule has 138 valence electrons. The summed E-state index contributed by atoms with van der Waals surface area (Å²) in [5.41, 5.74) is 1.10. The third-order valence-corrected chi connectivity index (χ3v) is 5.91. The van der Waals surface area contributed by atoms with Crippen LogP contribution in [0.5, 0.6) is 0 Å². The maximum Gasteiger partial charge on any atom is 0.239 e.